The van der Waals surface area contributed by atoms with Gasteiger partial charge in [0.2, 0.25) is 0 Å². The average Bonchev–Trinajstić information content (AvgIpc) is 2.34. The molecule has 5 N–H and O–H groups in total. The Balaban J connectivity index is 0.000000841. The molecule has 0 aromatic heterocycles. The Kier molecular flexibility index (Phi) is 8.15. The second kappa shape index (κ2) is 8.80. The van der Waals surface area contributed by atoms with Gasteiger partial charge in [0.1, 0.15) is 0 Å². The van der Waals surface area contributed by atoms with Crippen molar-refractivity contribution in [3.8, 4) is 0 Å². The van der Waals surface area contributed by atoms with Gasteiger partial charge in [0.15, 0.2) is 5.96 Å². The van der Waals surface area contributed by atoms with E-state index in [0.29, 0.717) is 10.5 Å². The molecule has 0 radical (unpaired) electrons. The van der Waals surface area contributed by atoms with Crippen LogP contribution >= 0.6 is 0 Å². The van der Waals surface area contributed by atoms with Crippen LogP contribution < -0.4 is 11.5 Å². The van der Waals surface area contributed by atoms with Gasteiger partial charge in [-0.2, -0.15) is 4.99 Å². The van der Waals surface area contributed by atoms with Gasteiger partial charge in [-0.3, -0.25) is 9.00 Å². The van der Waals surface area contributed by atoms with Crippen molar-refractivity contribution >= 4 is 38.3 Å². The standard InChI is InChI=1S/C12H17N3O2S.C2H6O2S/c1-7(2)9-5-4-8(6-10(9)18(3)17)11(16)15-12(13)14;1-5(2,3)4/h4-7H,1-3H3,(H4,13,14,15,16);1H2,2H3,(H,3,4). The van der Waals surface area contributed by atoms with Gasteiger partial charge in [0.05, 0.1) is 20.6 Å². The van der Waals surface area contributed by atoms with Crippen LogP contribution in [-0.4, -0.2) is 43.2 Å². The molecule has 0 saturated carbocycles. The molecule has 2 unspecified atom stereocenters. The molecular weight excluding hydrogens is 338 g/mol. The molecule has 7 nitrogen and oxygen atoms in total. The third-order valence-corrected chi connectivity index (χ3v) is 3.40. The van der Waals surface area contributed by atoms with E-state index in [1.807, 2.05) is 13.8 Å². The lowest BCUT2D eigenvalue weighted by atomic mass is 10.0. The summed E-state index contributed by atoms with van der Waals surface area (Å²) < 4.78 is 29.3. The topological polar surface area (TPSA) is 136 Å². The Morgan fingerprint density at radius 2 is 1.87 bits per heavy atom. The summed E-state index contributed by atoms with van der Waals surface area (Å²) in [5.74, 6) is 2.27. The quantitative estimate of drug-likeness (QED) is 0.413. The Morgan fingerprint density at radius 1 is 1.39 bits per heavy atom. The molecule has 0 saturated heterocycles. The van der Waals surface area contributed by atoms with Crippen molar-refractivity contribution in [2.75, 3.05) is 12.5 Å². The van der Waals surface area contributed by atoms with E-state index in [1.165, 1.54) is 0 Å². The number of hydrogen-bond acceptors (Lipinski definition) is 3. The number of benzene rings is 1. The molecule has 23 heavy (non-hydrogen) atoms. The number of nitrogens with two attached hydrogens (primary N) is 2. The highest BCUT2D eigenvalue weighted by Crippen LogP contribution is 2.23. The normalized spacial score (nSPS) is 14.2. The number of carbonyl (C=O) groups is 1. The number of aliphatic imine (C=N–C) groups is 1. The molecule has 9 heteroatoms. The third kappa shape index (κ3) is 9.11. The maximum absolute atomic E-state index is 11.7. The van der Waals surface area contributed by atoms with E-state index in [0.717, 1.165) is 11.8 Å². The minimum absolute atomic E-state index is 0.233. The van der Waals surface area contributed by atoms with Gasteiger partial charge >= 0.3 is 0 Å². The molecule has 0 aliphatic rings. The number of nitrogens with zero attached hydrogens (tertiary/aromatic N) is 1. The predicted molar refractivity (Wildman–Crippen MR) is 96.8 cm³/mol. The smallest absolute Gasteiger partial charge is 0.280 e. The highest BCUT2D eigenvalue weighted by molar-refractivity contribution is 7.94. The first-order valence-electron chi connectivity index (χ1n) is 6.49. The Morgan fingerprint density at radius 3 is 2.22 bits per heavy atom. The van der Waals surface area contributed by atoms with E-state index < -0.39 is 26.5 Å². The maximum Gasteiger partial charge on any atom is 0.280 e. The van der Waals surface area contributed by atoms with Crippen LogP contribution in [0.1, 0.15) is 35.7 Å². The summed E-state index contributed by atoms with van der Waals surface area (Å²) in [6.45, 7) is 4.01. The molecule has 0 heterocycles. The summed E-state index contributed by atoms with van der Waals surface area (Å²) >= 11 is 0. The fourth-order valence-corrected chi connectivity index (χ4v) is 2.50. The van der Waals surface area contributed by atoms with E-state index in [4.69, 9.17) is 16.0 Å². The van der Waals surface area contributed by atoms with Crippen LogP contribution in [0.2, 0.25) is 0 Å². The number of rotatable bonds is 3. The second-order valence-corrected chi connectivity index (χ2v) is 8.43. The van der Waals surface area contributed by atoms with E-state index >= 15 is 0 Å². The van der Waals surface area contributed by atoms with Crippen molar-refractivity contribution in [3.05, 3.63) is 29.3 Å². The first-order valence-corrected chi connectivity index (χ1v) is 10.1. The Hall–Kier alpha value is -1.71. The number of guanidine groups is 1. The zero-order chi connectivity index (χ0) is 18.4. The summed E-state index contributed by atoms with van der Waals surface area (Å²) in [6, 6.07) is 5.01. The number of hydrogen-bond donors (Lipinski definition) is 3. The number of carbonyl (C=O) groups excluding carboxylic acids is 1. The van der Waals surface area contributed by atoms with Crippen molar-refractivity contribution in [1.29, 1.82) is 0 Å². The van der Waals surface area contributed by atoms with Gasteiger partial charge in [0, 0.05) is 23.0 Å². The van der Waals surface area contributed by atoms with Crippen LogP contribution in [0.25, 0.3) is 0 Å². The highest BCUT2D eigenvalue weighted by Gasteiger charge is 2.13. The summed E-state index contributed by atoms with van der Waals surface area (Å²) in [4.78, 5) is 15.8. The molecular formula is C14H23N3O4S2. The van der Waals surface area contributed by atoms with Gasteiger partial charge in [-0.05, 0) is 29.5 Å². The Labute approximate surface area is 139 Å². The molecule has 1 aromatic rings. The fraction of sp³-hybridized carbons (Fsp3) is 0.357. The number of amides is 1. The molecule has 130 valence electrons. The lowest BCUT2D eigenvalue weighted by Crippen LogP contribution is -2.24. The molecule has 0 aliphatic carbocycles. The lowest BCUT2D eigenvalue weighted by Gasteiger charge is -2.11. The largest absolute Gasteiger partial charge is 0.370 e. The van der Waals surface area contributed by atoms with Crippen molar-refractivity contribution in [2.45, 2.75) is 24.7 Å². The minimum Gasteiger partial charge on any atom is -0.370 e. The van der Waals surface area contributed by atoms with Gasteiger partial charge in [0.25, 0.3) is 5.91 Å². The minimum atomic E-state index is -2.67. The zero-order valence-electron chi connectivity index (χ0n) is 13.6. The highest BCUT2D eigenvalue weighted by atomic mass is 32.2. The van der Waals surface area contributed by atoms with Gasteiger partial charge in [-0.15, -0.1) is 0 Å². The van der Waals surface area contributed by atoms with Crippen LogP contribution in [0.5, 0.6) is 0 Å². The van der Waals surface area contributed by atoms with Gasteiger partial charge < -0.3 is 16.0 Å². The first kappa shape index (κ1) is 21.3. The van der Waals surface area contributed by atoms with Crippen LogP contribution in [-0.2, 0) is 20.6 Å². The van der Waals surface area contributed by atoms with Crippen molar-refractivity contribution in [3.63, 3.8) is 0 Å². The third-order valence-electron chi connectivity index (χ3n) is 2.42. The van der Waals surface area contributed by atoms with E-state index in [1.54, 1.807) is 24.5 Å². The zero-order valence-corrected chi connectivity index (χ0v) is 15.2. The summed E-state index contributed by atoms with van der Waals surface area (Å²) in [5, 5.41) is 0. The average molecular weight is 361 g/mol. The Bertz CT molecular complexity index is 714. The lowest BCUT2D eigenvalue weighted by molar-refractivity contribution is 0.100. The summed E-state index contributed by atoms with van der Waals surface area (Å²) in [5.41, 5.74) is 11.6. The van der Waals surface area contributed by atoms with Crippen LogP contribution in [0.3, 0.4) is 0 Å². The van der Waals surface area contributed by atoms with Gasteiger partial charge in [-0.25, -0.2) is 4.21 Å². The molecule has 0 aliphatic heterocycles. The summed E-state index contributed by atoms with van der Waals surface area (Å²) in [6.07, 6.45) is 2.74. The molecule has 1 aromatic carbocycles. The van der Waals surface area contributed by atoms with Crippen molar-refractivity contribution in [1.82, 2.24) is 0 Å². The fourth-order valence-electron chi connectivity index (χ4n) is 1.58. The molecule has 1 amide bonds. The van der Waals surface area contributed by atoms with E-state index in [2.05, 4.69) is 10.9 Å². The SMILES string of the molecule is C=S(C)(=O)O.CC(C)c1ccc(C(=O)N=C(N)N)cc1S(C)=O. The van der Waals surface area contributed by atoms with Crippen LogP contribution in [0.15, 0.2) is 28.1 Å². The van der Waals surface area contributed by atoms with Crippen LogP contribution in [0, 0.1) is 0 Å². The van der Waals surface area contributed by atoms with E-state index in [9.17, 15) is 13.2 Å². The van der Waals surface area contributed by atoms with E-state index in [-0.39, 0.29) is 11.9 Å². The van der Waals surface area contributed by atoms with Crippen molar-refractivity contribution < 1.29 is 17.8 Å². The van der Waals surface area contributed by atoms with Crippen LogP contribution in [0.4, 0.5) is 0 Å². The molecule has 0 spiro atoms. The van der Waals surface area contributed by atoms with Gasteiger partial charge in [-0.1, -0.05) is 19.9 Å². The van der Waals surface area contributed by atoms with Crippen molar-refractivity contribution in [2.24, 2.45) is 16.5 Å². The predicted octanol–water partition coefficient (Wildman–Crippen LogP) is 0.767. The maximum atomic E-state index is 11.7. The summed E-state index contributed by atoms with van der Waals surface area (Å²) in [7, 11) is -3.83. The first-order chi connectivity index (χ1) is 10.3. The molecule has 1 rings (SSSR count). The molecule has 0 bridgehead atoms. The molecule has 0 fully saturated rings. The molecule has 2 atom stereocenters. The second-order valence-electron chi connectivity index (χ2n) is 5.16. The monoisotopic (exact) mass is 361 g/mol.